The van der Waals surface area contributed by atoms with Crippen LogP contribution in [-0.2, 0) is 0 Å². The molecule has 0 radical (unpaired) electrons. The van der Waals surface area contributed by atoms with Crippen molar-refractivity contribution in [2.24, 2.45) is 0 Å². The molecule has 0 aromatic heterocycles. The van der Waals surface area contributed by atoms with E-state index in [1.54, 1.807) is 7.11 Å². The van der Waals surface area contributed by atoms with Gasteiger partial charge in [-0.05, 0) is 52.8 Å². The third kappa shape index (κ3) is 3.09. The predicted molar refractivity (Wildman–Crippen MR) is 85.8 cm³/mol. The molecule has 1 aromatic rings. The molecule has 3 heteroatoms. The summed E-state index contributed by atoms with van der Waals surface area (Å²) in [6, 6.07) is 7.48. The van der Waals surface area contributed by atoms with Crippen LogP contribution in [-0.4, -0.2) is 37.2 Å². The van der Waals surface area contributed by atoms with Gasteiger partial charge in [0, 0.05) is 35.8 Å². The van der Waals surface area contributed by atoms with Gasteiger partial charge in [-0.2, -0.15) is 0 Å². The number of rotatable bonds is 6. The molecule has 1 heterocycles. The van der Waals surface area contributed by atoms with Crippen LogP contribution in [0.2, 0.25) is 0 Å². The van der Waals surface area contributed by atoms with Crippen molar-refractivity contribution in [2.45, 2.75) is 52.1 Å². The highest BCUT2D eigenvalue weighted by Gasteiger charge is 2.26. The maximum absolute atomic E-state index is 5.54. The molecule has 0 saturated carbocycles. The number of methoxy groups -OCH3 is 1. The van der Waals surface area contributed by atoms with Crippen molar-refractivity contribution in [1.29, 1.82) is 0 Å². The van der Waals surface area contributed by atoms with Crippen molar-refractivity contribution in [3.05, 3.63) is 23.8 Å². The molecule has 20 heavy (non-hydrogen) atoms. The minimum atomic E-state index is 0.557. The van der Waals surface area contributed by atoms with Gasteiger partial charge in [-0.15, -0.1) is 0 Å². The fraction of sp³-hybridized carbons (Fsp3) is 0.647. The maximum Gasteiger partial charge on any atom is 0.124 e. The molecule has 1 N–H and O–H groups in total. The molecule has 0 bridgehead atoms. The zero-order chi connectivity index (χ0) is 14.7. The summed E-state index contributed by atoms with van der Waals surface area (Å²) < 4.78 is 5.54. The molecule has 3 nitrogen and oxygen atoms in total. The Balaban J connectivity index is 2.07. The summed E-state index contributed by atoms with van der Waals surface area (Å²) >= 11 is 0. The Kier molecular flexibility index (Phi) is 4.92. The fourth-order valence-electron chi connectivity index (χ4n) is 3.30. The van der Waals surface area contributed by atoms with Crippen LogP contribution in [0.15, 0.2) is 18.2 Å². The molecule has 1 atom stereocenters. The van der Waals surface area contributed by atoms with Gasteiger partial charge < -0.3 is 10.1 Å². The third-order valence-corrected chi connectivity index (χ3v) is 4.30. The van der Waals surface area contributed by atoms with Gasteiger partial charge in [0.2, 0.25) is 0 Å². The van der Waals surface area contributed by atoms with Gasteiger partial charge in [0.15, 0.2) is 0 Å². The highest BCUT2D eigenvalue weighted by atomic mass is 16.5. The van der Waals surface area contributed by atoms with Crippen LogP contribution in [0.5, 0.6) is 5.75 Å². The number of nitrogens with zero attached hydrogens (tertiary/aromatic N) is 1. The zero-order valence-electron chi connectivity index (χ0n) is 13.4. The second-order valence-electron chi connectivity index (χ2n) is 6.21. The smallest absolute Gasteiger partial charge is 0.124 e. The van der Waals surface area contributed by atoms with Crippen molar-refractivity contribution in [3.63, 3.8) is 0 Å². The molecular formula is C17H28N2O. The van der Waals surface area contributed by atoms with Crippen LogP contribution >= 0.6 is 0 Å². The summed E-state index contributed by atoms with van der Waals surface area (Å²) in [4.78, 5) is 2.56. The van der Waals surface area contributed by atoms with Gasteiger partial charge in [0.25, 0.3) is 0 Å². The summed E-state index contributed by atoms with van der Waals surface area (Å²) in [5.41, 5.74) is 2.61. The average molecular weight is 276 g/mol. The van der Waals surface area contributed by atoms with Gasteiger partial charge in [-0.1, -0.05) is 6.07 Å². The molecule has 1 aromatic carbocycles. The lowest BCUT2D eigenvalue weighted by Gasteiger charge is -2.31. The first-order valence-corrected chi connectivity index (χ1v) is 7.71. The standard InChI is InChI=1S/C17H28N2O/c1-12(2)19(13(3)4)10-9-14-11-18-15-7-6-8-16(20-5)17(14)15/h6-8,12-14,18H,9-11H2,1-5H3/t14-/m0/s1. The second-order valence-corrected chi connectivity index (χ2v) is 6.21. The highest BCUT2D eigenvalue weighted by molar-refractivity contribution is 5.63. The van der Waals surface area contributed by atoms with Crippen molar-refractivity contribution < 1.29 is 4.74 Å². The van der Waals surface area contributed by atoms with E-state index in [2.05, 4.69) is 56.1 Å². The first-order valence-electron chi connectivity index (χ1n) is 7.71. The van der Waals surface area contributed by atoms with Crippen LogP contribution in [0.1, 0.15) is 45.6 Å². The van der Waals surface area contributed by atoms with Crippen LogP contribution in [0, 0.1) is 0 Å². The highest BCUT2D eigenvalue weighted by Crippen LogP contribution is 2.40. The number of hydrogen-bond acceptors (Lipinski definition) is 3. The van der Waals surface area contributed by atoms with Crippen LogP contribution < -0.4 is 10.1 Å². The van der Waals surface area contributed by atoms with Gasteiger partial charge >= 0.3 is 0 Å². The van der Waals surface area contributed by atoms with Crippen molar-refractivity contribution in [2.75, 3.05) is 25.5 Å². The van der Waals surface area contributed by atoms with Crippen LogP contribution in [0.4, 0.5) is 5.69 Å². The molecule has 0 unspecified atom stereocenters. The fourth-order valence-corrected chi connectivity index (χ4v) is 3.30. The Morgan fingerprint density at radius 2 is 1.95 bits per heavy atom. The Labute approximate surface area is 123 Å². The topological polar surface area (TPSA) is 24.5 Å². The lowest BCUT2D eigenvalue weighted by atomic mass is 9.96. The van der Waals surface area contributed by atoms with Gasteiger partial charge in [-0.3, -0.25) is 4.90 Å². The van der Waals surface area contributed by atoms with E-state index in [0.29, 0.717) is 18.0 Å². The predicted octanol–water partition coefficient (Wildman–Crippen LogP) is 3.71. The minimum absolute atomic E-state index is 0.557. The summed E-state index contributed by atoms with van der Waals surface area (Å²) in [6.45, 7) is 11.3. The lowest BCUT2D eigenvalue weighted by Crippen LogP contribution is -2.38. The monoisotopic (exact) mass is 276 g/mol. The molecule has 0 amide bonds. The van der Waals surface area contributed by atoms with E-state index in [1.165, 1.54) is 17.7 Å². The Morgan fingerprint density at radius 3 is 2.55 bits per heavy atom. The number of ether oxygens (including phenoxy) is 1. The van der Waals surface area contributed by atoms with E-state index in [-0.39, 0.29) is 0 Å². The van der Waals surface area contributed by atoms with Crippen molar-refractivity contribution >= 4 is 5.69 Å². The van der Waals surface area contributed by atoms with Crippen molar-refractivity contribution in [1.82, 2.24) is 4.90 Å². The van der Waals surface area contributed by atoms with Crippen LogP contribution in [0.25, 0.3) is 0 Å². The summed E-state index contributed by atoms with van der Waals surface area (Å²) in [5.74, 6) is 1.58. The Morgan fingerprint density at radius 1 is 1.25 bits per heavy atom. The quantitative estimate of drug-likeness (QED) is 0.857. The number of nitrogens with one attached hydrogen (secondary N) is 1. The maximum atomic E-state index is 5.54. The van der Waals surface area contributed by atoms with E-state index in [1.807, 2.05) is 0 Å². The molecule has 1 aliphatic heterocycles. The SMILES string of the molecule is COc1cccc2c1[C@@H](CCN(C(C)C)C(C)C)CN2. The number of fused-ring (bicyclic) bond motifs is 1. The first kappa shape index (κ1) is 15.2. The molecular weight excluding hydrogens is 248 g/mol. The zero-order valence-corrected chi connectivity index (χ0v) is 13.4. The number of anilines is 1. The normalized spacial score (nSPS) is 17.7. The average Bonchev–Trinajstić information content (AvgIpc) is 2.81. The first-order chi connectivity index (χ1) is 9.54. The molecule has 0 spiro atoms. The summed E-state index contributed by atoms with van der Waals surface area (Å²) in [5, 5.41) is 3.51. The van der Waals surface area contributed by atoms with E-state index in [0.717, 1.165) is 18.8 Å². The molecule has 0 fully saturated rings. The second kappa shape index (κ2) is 6.49. The van der Waals surface area contributed by atoms with Gasteiger partial charge in [0.1, 0.15) is 5.75 Å². The number of hydrogen-bond donors (Lipinski definition) is 1. The number of benzene rings is 1. The Bertz CT molecular complexity index is 435. The van der Waals surface area contributed by atoms with Gasteiger partial charge in [-0.25, -0.2) is 0 Å². The molecule has 112 valence electrons. The van der Waals surface area contributed by atoms with E-state index < -0.39 is 0 Å². The van der Waals surface area contributed by atoms with E-state index in [4.69, 9.17) is 4.74 Å². The van der Waals surface area contributed by atoms with Crippen molar-refractivity contribution in [3.8, 4) is 5.75 Å². The third-order valence-electron chi connectivity index (χ3n) is 4.30. The van der Waals surface area contributed by atoms with E-state index >= 15 is 0 Å². The molecule has 0 aliphatic carbocycles. The minimum Gasteiger partial charge on any atom is -0.496 e. The Hall–Kier alpha value is -1.22. The van der Waals surface area contributed by atoms with E-state index in [9.17, 15) is 0 Å². The summed E-state index contributed by atoms with van der Waals surface area (Å²) in [7, 11) is 1.76. The molecule has 2 rings (SSSR count). The lowest BCUT2D eigenvalue weighted by molar-refractivity contribution is 0.169. The summed E-state index contributed by atoms with van der Waals surface area (Å²) in [6.07, 6.45) is 1.18. The van der Waals surface area contributed by atoms with Crippen LogP contribution in [0.3, 0.4) is 0 Å². The largest absolute Gasteiger partial charge is 0.496 e. The molecule has 1 aliphatic rings. The van der Waals surface area contributed by atoms with Gasteiger partial charge in [0.05, 0.1) is 7.11 Å². The molecule has 0 saturated heterocycles.